The summed E-state index contributed by atoms with van der Waals surface area (Å²) >= 11 is 0. The van der Waals surface area contributed by atoms with E-state index in [1.165, 1.54) is 12.8 Å². The van der Waals surface area contributed by atoms with Crippen molar-refractivity contribution in [2.75, 3.05) is 31.6 Å². The molecule has 1 aromatic carbocycles. The van der Waals surface area contributed by atoms with Crippen LogP contribution in [0.3, 0.4) is 0 Å². The highest BCUT2D eigenvalue weighted by Crippen LogP contribution is 2.28. The van der Waals surface area contributed by atoms with E-state index < -0.39 is 0 Å². The van der Waals surface area contributed by atoms with Gasteiger partial charge in [-0.05, 0) is 30.9 Å². The van der Waals surface area contributed by atoms with Crippen molar-refractivity contribution in [3.8, 4) is 0 Å². The quantitative estimate of drug-likeness (QED) is 0.929. The van der Waals surface area contributed by atoms with Crippen molar-refractivity contribution in [1.29, 1.82) is 0 Å². The number of benzene rings is 1. The molecule has 2 amide bonds. The number of nitrogens with zero attached hydrogens (tertiary/aromatic N) is 1. The molecule has 5 nitrogen and oxygen atoms in total. The van der Waals surface area contributed by atoms with Gasteiger partial charge in [0.1, 0.15) is 0 Å². The molecule has 0 spiro atoms. The van der Waals surface area contributed by atoms with E-state index in [2.05, 4.69) is 5.32 Å². The molecule has 1 saturated heterocycles. The van der Waals surface area contributed by atoms with Crippen molar-refractivity contribution >= 4 is 17.5 Å². The predicted molar refractivity (Wildman–Crippen MR) is 88.4 cm³/mol. The van der Waals surface area contributed by atoms with Crippen molar-refractivity contribution in [2.45, 2.75) is 32.1 Å². The molecule has 1 aliphatic carbocycles. The molecule has 124 valence electrons. The van der Waals surface area contributed by atoms with Gasteiger partial charge in [0, 0.05) is 19.5 Å². The van der Waals surface area contributed by atoms with E-state index in [0.717, 1.165) is 12.8 Å². The van der Waals surface area contributed by atoms with Gasteiger partial charge < -0.3 is 15.0 Å². The molecule has 0 bridgehead atoms. The second kappa shape index (κ2) is 7.59. The lowest BCUT2D eigenvalue weighted by molar-refractivity contribution is -0.117. The third kappa shape index (κ3) is 4.10. The first-order valence-electron chi connectivity index (χ1n) is 8.50. The molecule has 1 aliphatic heterocycles. The van der Waals surface area contributed by atoms with Gasteiger partial charge in [-0.1, -0.05) is 25.0 Å². The largest absolute Gasteiger partial charge is 0.378 e. The molecular weight excluding hydrogens is 292 g/mol. The van der Waals surface area contributed by atoms with Crippen LogP contribution in [0.25, 0.3) is 0 Å². The minimum absolute atomic E-state index is 0.0131. The van der Waals surface area contributed by atoms with Crippen LogP contribution in [0.1, 0.15) is 42.5 Å². The predicted octanol–water partition coefficient (Wildman–Crippen LogP) is 2.68. The second-order valence-electron chi connectivity index (χ2n) is 6.35. The first kappa shape index (κ1) is 16.0. The number of carbonyl (C=O) groups excluding carboxylic acids is 2. The molecule has 0 atom stereocenters. The van der Waals surface area contributed by atoms with Crippen LogP contribution in [0.15, 0.2) is 24.3 Å². The Balaban J connectivity index is 1.67. The van der Waals surface area contributed by atoms with Crippen molar-refractivity contribution in [3.05, 3.63) is 29.8 Å². The topological polar surface area (TPSA) is 58.6 Å². The Morgan fingerprint density at radius 2 is 1.83 bits per heavy atom. The number of anilines is 1. The fraction of sp³-hybridized carbons (Fsp3) is 0.556. The second-order valence-corrected chi connectivity index (χ2v) is 6.35. The third-order valence-electron chi connectivity index (χ3n) is 4.68. The average molecular weight is 316 g/mol. The fourth-order valence-corrected chi connectivity index (χ4v) is 3.39. The zero-order valence-corrected chi connectivity index (χ0v) is 13.4. The Morgan fingerprint density at radius 1 is 1.13 bits per heavy atom. The van der Waals surface area contributed by atoms with Gasteiger partial charge >= 0.3 is 0 Å². The van der Waals surface area contributed by atoms with Gasteiger partial charge in [-0.25, -0.2) is 0 Å². The maximum atomic E-state index is 12.7. The molecule has 2 fully saturated rings. The fourth-order valence-electron chi connectivity index (χ4n) is 3.39. The maximum absolute atomic E-state index is 12.7. The number of hydrogen-bond donors (Lipinski definition) is 1. The summed E-state index contributed by atoms with van der Waals surface area (Å²) in [5.41, 5.74) is 1.18. The Hall–Kier alpha value is -1.88. The lowest BCUT2D eigenvalue weighted by Crippen LogP contribution is -2.41. The molecular formula is C18H24N2O3. The molecule has 0 aromatic heterocycles. The first-order valence-corrected chi connectivity index (χ1v) is 8.50. The molecule has 1 saturated carbocycles. The SMILES string of the molecule is O=C(CC1CCCC1)Nc1ccccc1C(=O)N1CCOCC1. The minimum atomic E-state index is -0.0370. The Labute approximate surface area is 137 Å². The van der Waals surface area contributed by atoms with E-state index in [1.807, 2.05) is 12.1 Å². The van der Waals surface area contributed by atoms with Crippen LogP contribution in [-0.2, 0) is 9.53 Å². The molecule has 0 radical (unpaired) electrons. The standard InChI is InChI=1S/C18H24N2O3/c21-17(13-14-5-1-2-6-14)19-16-8-4-3-7-15(16)18(22)20-9-11-23-12-10-20/h3-4,7-8,14H,1-2,5-6,9-13H2,(H,19,21). The van der Waals surface area contributed by atoms with Gasteiger partial charge in [0.05, 0.1) is 24.5 Å². The summed E-state index contributed by atoms with van der Waals surface area (Å²) < 4.78 is 5.29. The molecule has 1 heterocycles. The van der Waals surface area contributed by atoms with Crippen LogP contribution in [-0.4, -0.2) is 43.0 Å². The van der Waals surface area contributed by atoms with Gasteiger partial charge in [0.25, 0.3) is 5.91 Å². The van der Waals surface area contributed by atoms with Crippen molar-refractivity contribution in [2.24, 2.45) is 5.92 Å². The first-order chi connectivity index (χ1) is 11.2. The smallest absolute Gasteiger partial charge is 0.256 e. The van der Waals surface area contributed by atoms with E-state index in [0.29, 0.717) is 49.9 Å². The van der Waals surface area contributed by atoms with Crippen LogP contribution < -0.4 is 5.32 Å². The lowest BCUT2D eigenvalue weighted by atomic mass is 10.0. The summed E-state index contributed by atoms with van der Waals surface area (Å²) in [6, 6.07) is 7.27. The molecule has 5 heteroatoms. The van der Waals surface area contributed by atoms with E-state index in [4.69, 9.17) is 4.74 Å². The number of nitrogens with one attached hydrogen (secondary N) is 1. The average Bonchev–Trinajstić information content (AvgIpc) is 3.08. The third-order valence-corrected chi connectivity index (χ3v) is 4.68. The van der Waals surface area contributed by atoms with E-state index in [9.17, 15) is 9.59 Å². The Morgan fingerprint density at radius 3 is 2.57 bits per heavy atom. The van der Waals surface area contributed by atoms with Gasteiger partial charge in [-0.2, -0.15) is 0 Å². The van der Waals surface area contributed by atoms with Crippen LogP contribution in [0.5, 0.6) is 0 Å². The van der Waals surface area contributed by atoms with Gasteiger partial charge in [0.2, 0.25) is 5.91 Å². The number of morpholine rings is 1. The summed E-state index contributed by atoms with van der Waals surface area (Å²) in [7, 11) is 0. The molecule has 1 N–H and O–H groups in total. The van der Waals surface area contributed by atoms with Crippen molar-refractivity contribution in [3.63, 3.8) is 0 Å². The zero-order chi connectivity index (χ0) is 16.1. The van der Waals surface area contributed by atoms with Gasteiger partial charge in [-0.15, -0.1) is 0 Å². The lowest BCUT2D eigenvalue weighted by Gasteiger charge is -2.27. The highest BCUT2D eigenvalue weighted by atomic mass is 16.5. The molecule has 1 aromatic rings. The monoisotopic (exact) mass is 316 g/mol. The summed E-state index contributed by atoms with van der Waals surface area (Å²) in [5.74, 6) is 0.473. The molecule has 3 rings (SSSR count). The molecule has 0 unspecified atom stereocenters. The summed E-state index contributed by atoms with van der Waals surface area (Å²) in [6.45, 7) is 2.34. The molecule has 23 heavy (non-hydrogen) atoms. The molecule has 2 aliphatic rings. The Bertz CT molecular complexity index is 561. The van der Waals surface area contributed by atoms with Crippen LogP contribution in [0.2, 0.25) is 0 Å². The number of rotatable bonds is 4. The number of carbonyl (C=O) groups is 2. The number of hydrogen-bond acceptors (Lipinski definition) is 3. The highest BCUT2D eigenvalue weighted by Gasteiger charge is 2.23. The minimum Gasteiger partial charge on any atom is -0.378 e. The number of para-hydroxylation sites is 1. The van der Waals surface area contributed by atoms with Crippen LogP contribution in [0, 0.1) is 5.92 Å². The zero-order valence-electron chi connectivity index (χ0n) is 13.4. The van der Waals surface area contributed by atoms with Gasteiger partial charge in [0.15, 0.2) is 0 Å². The maximum Gasteiger partial charge on any atom is 0.256 e. The van der Waals surface area contributed by atoms with Gasteiger partial charge in [-0.3, -0.25) is 9.59 Å². The van der Waals surface area contributed by atoms with E-state index in [1.54, 1.807) is 17.0 Å². The van der Waals surface area contributed by atoms with Crippen molar-refractivity contribution in [1.82, 2.24) is 4.90 Å². The van der Waals surface area contributed by atoms with Crippen LogP contribution in [0.4, 0.5) is 5.69 Å². The summed E-state index contributed by atoms with van der Waals surface area (Å²) in [6.07, 6.45) is 5.29. The highest BCUT2D eigenvalue weighted by molar-refractivity contribution is 6.03. The number of amides is 2. The van der Waals surface area contributed by atoms with E-state index >= 15 is 0 Å². The van der Waals surface area contributed by atoms with E-state index in [-0.39, 0.29) is 11.8 Å². The van der Waals surface area contributed by atoms with Crippen LogP contribution >= 0.6 is 0 Å². The number of ether oxygens (including phenoxy) is 1. The normalized spacial score (nSPS) is 18.9. The summed E-state index contributed by atoms with van der Waals surface area (Å²) in [5, 5.41) is 2.94. The van der Waals surface area contributed by atoms with Crippen molar-refractivity contribution < 1.29 is 14.3 Å². The Kier molecular flexibility index (Phi) is 5.28. The summed E-state index contributed by atoms with van der Waals surface area (Å²) in [4.78, 5) is 26.7.